The number of nitrogens with one attached hydrogen (secondary N) is 1. The quantitative estimate of drug-likeness (QED) is 0.841. The summed E-state index contributed by atoms with van der Waals surface area (Å²) in [4.78, 5) is 2.63. The van der Waals surface area contributed by atoms with Crippen LogP contribution in [0.5, 0.6) is 11.5 Å². The lowest BCUT2D eigenvalue weighted by Crippen LogP contribution is -1.95. The Morgan fingerprint density at radius 2 is 1.89 bits per heavy atom. The Kier molecular flexibility index (Phi) is 3.35. The van der Waals surface area contributed by atoms with Gasteiger partial charge in [0, 0.05) is 6.20 Å². The standard InChI is InChI=1S/C12H6F2N2OS/c13-8-2-1-3-9(14)11(8)17-10-4-5-16-12(18)7(10)6-15/h1-5H,(H,16,18). The Hall–Kier alpha value is -2.26. The average molecular weight is 264 g/mol. The lowest BCUT2D eigenvalue weighted by Gasteiger charge is -2.08. The van der Waals surface area contributed by atoms with Gasteiger partial charge in [-0.2, -0.15) is 5.26 Å². The topological polar surface area (TPSA) is 48.8 Å². The van der Waals surface area contributed by atoms with E-state index in [0.717, 1.165) is 12.1 Å². The Labute approximate surface area is 106 Å². The molecule has 0 unspecified atom stereocenters. The molecule has 0 fully saturated rings. The molecule has 1 heterocycles. The van der Waals surface area contributed by atoms with Gasteiger partial charge in [-0.3, -0.25) is 0 Å². The largest absolute Gasteiger partial charge is 0.450 e. The minimum absolute atomic E-state index is 0.00486. The van der Waals surface area contributed by atoms with Gasteiger partial charge in [-0.25, -0.2) is 8.78 Å². The predicted octanol–water partition coefficient (Wildman–Crippen LogP) is 3.69. The summed E-state index contributed by atoms with van der Waals surface area (Å²) in [6.45, 7) is 0. The van der Waals surface area contributed by atoms with E-state index in [2.05, 4.69) is 4.98 Å². The second-order valence-electron chi connectivity index (χ2n) is 3.31. The van der Waals surface area contributed by atoms with Crippen LogP contribution in [0.2, 0.25) is 0 Å². The van der Waals surface area contributed by atoms with Crippen molar-refractivity contribution in [2.45, 2.75) is 0 Å². The zero-order valence-electron chi connectivity index (χ0n) is 8.91. The summed E-state index contributed by atoms with van der Waals surface area (Å²) in [7, 11) is 0. The maximum Gasteiger partial charge on any atom is 0.198 e. The van der Waals surface area contributed by atoms with Crippen LogP contribution < -0.4 is 4.74 Å². The van der Waals surface area contributed by atoms with Crippen molar-refractivity contribution in [1.29, 1.82) is 5.26 Å². The van der Waals surface area contributed by atoms with E-state index in [1.165, 1.54) is 18.3 Å². The van der Waals surface area contributed by atoms with Crippen molar-refractivity contribution in [2.24, 2.45) is 0 Å². The highest BCUT2D eigenvalue weighted by atomic mass is 32.1. The van der Waals surface area contributed by atoms with Gasteiger partial charge in [-0.15, -0.1) is 0 Å². The Balaban J connectivity index is 2.51. The molecule has 1 aromatic heterocycles. The van der Waals surface area contributed by atoms with Crippen molar-refractivity contribution in [3.8, 4) is 17.6 Å². The van der Waals surface area contributed by atoms with Gasteiger partial charge < -0.3 is 9.72 Å². The molecule has 3 nitrogen and oxygen atoms in total. The van der Waals surface area contributed by atoms with E-state index in [9.17, 15) is 8.78 Å². The Morgan fingerprint density at radius 3 is 2.50 bits per heavy atom. The summed E-state index contributed by atoms with van der Waals surface area (Å²) in [6, 6.07) is 6.54. The molecule has 0 saturated heterocycles. The van der Waals surface area contributed by atoms with Crippen molar-refractivity contribution in [1.82, 2.24) is 4.98 Å². The number of aromatic amines is 1. The van der Waals surface area contributed by atoms with E-state index in [-0.39, 0.29) is 16.0 Å². The number of benzene rings is 1. The van der Waals surface area contributed by atoms with E-state index >= 15 is 0 Å². The molecular formula is C12H6F2N2OS. The van der Waals surface area contributed by atoms with Crippen LogP contribution in [0.25, 0.3) is 0 Å². The van der Waals surface area contributed by atoms with Gasteiger partial charge in [0.25, 0.3) is 0 Å². The number of para-hydroxylation sites is 1. The van der Waals surface area contributed by atoms with Crippen LogP contribution in [0.4, 0.5) is 8.78 Å². The highest BCUT2D eigenvalue weighted by Gasteiger charge is 2.13. The normalized spacial score (nSPS) is 9.83. The number of aromatic nitrogens is 1. The third-order valence-electron chi connectivity index (χ3n) is 2.17. The molecule has 0 radical (unpaired) electrons. The summed E-state index contributed by atoms with van der Waals surface area (Å²) < 4.78 is 32.0. The van der Waals surface area contributed by atoms with Crippen LogP contribution in [0.1, 0.15) is 5.56 Å². The van der Waals surface area contributed by atoms with E-state index < -0.39 is 17.4 Å². The maximum atomic E-state index is 13.4. The number of nitriles is 1. The number of pyridine rings is 1. The smallest absolute Gasteiger partial charge is 0.198 e. The van der Waals surface area contributed by atoms with Crippen LogP contribution in [-0.2, 0) is 0 Å². The minimum atomic E-state index is -0.849. The molecular weight excluding hydrogens is 258 g/mol. The van der Waals surface area contributed by atoms with Crippen LogP contribution >= 0.6 is 12.2 Å². The highest BCUT2D eigenvalue weighted by molar-refractivity contribution is 7.71. The SMILES string of the molecule is N#Cc1c(Oc2c(F)cccc2F)cc[nH]c1=S. The number of hydrogen-bond acceptors (Lipinski definition) is 3. The molecule has 18 heavy (non-hydrogen) atoms. The summed E-state index contributed by atoms with van der Waals surface area (Å²) in [5, 5.41) is 8.91. The molecule has 2 aromatic rings. The number of rotatable bonds is 2. The van der Waals surface area contributed by atoms with Crippen molar-refractivity contribution in [2.75, 3.05) is 0 Å². The number of halogens is 2. The third-order valence-corrected chi connectivity index (χ3v) is 2.49. The molecule has 0 aliphatic heterocycles. The van der Waals surface area contributed by atoms with Crippen molar-refractivity contribution < 1.29 is 13.5 Å². The first-order valence-corrected chi connectivity index (χ1v) is 5.28. The van der Waals surface area contributed by atoms with E-state index in [1.807, 2.05) is 6.07 Å². The molecule has 2 rings (SSSR count). The van der Waals surface area contributed by atoms with Crippen molar-refractivity contribution in [3.05, 3.63) is 52.3 Å². The minimum Gasteiger partial charge on any atom is -0.450 e. The molecule has 0 aliphatic rings. The molecule has 0 bridgehead atoms. The Morgan fingerprint density at radius 1 is 1.22 bits per heavy atom. The molecule has 0 atom stereocenters. The summed E-state index contributed by atoms with van der Waals surface area (Å²) in [5.74, 6) is -2.25. The fourth-order valence-electron chi connectivity index (χ4n) is 1.34. The van der Waals surface area contributed by atoms with Crippen LogP contribution in [-0.4, -0.2) is 4.98 Å². The number of nitrogens with zero attached hydrogens (tertiary/aromatic N) is 1. The van der Waals surface area contributed by atoms with Crippen LogP contribution in [0.3, 0.4) is 0 Å². The van der Waals surface area contributed by atoms with Crippen LogP contribution in [0, 0.1) is 27.6 Å². The summed E-state index contributed by atoms with van der Waals surface area (Å²) in [5.41, 5.74) is 0.0233. The number of hydrogen-bond donors (Lipinski definition) is 1. The zero-order chi connectivity index (χ0) is 13.1. The lowest BCUT2D eigenvalue weighted by atomic mass is 10.2. The van der Waals surface area contributed by atoms with Gasteiger partial charge in [0.05, 0.1) is 0 Å². The first-order chi connectivity index (χ1) is 8.63. The second kappa shape index (κ2) is 4.94. The molecule has 1 N–H and O–H groups in total. The fourth-order valence-corrected chi connectivity index (χ4v) is 1.56. The van der Waals surface area contributed by atoms with Crippen LogP contribution in [0.15, 0.2) is 30.5 Å². The van der Waals surface area contributed by atoms with Gasteiger partial charge in [0.2, 0.25) is 0 Å². The molecule has 90 valence electrons. The molecule has 0 aliphatic carbocycles. The predicted molar refractivity (Wildman–Crippen MR) is 62.8 cm³/mol. The number of H-pyrrole nitrogens is 1. The molecule has 1 aromatic carbocycles. The van der Waals surface area contributed by atoms with Gasteiger partial charge in [-0.05, 0) is 18.2 Å². The van der Waals surface area contributed by atoms with E-state index in [4.69, 9.17) is 22.2 Å². The summed E-state index contributed by atoms with van der Waals surface area (Å²) >= 11 is 4.88. The molecule has 0 amide bonds. The van der Waals surface area contributed by atoms with Crippen molar-refractivity contribution in [3.63, 3.8) is 0 Å². The van der Waals surface area contributed by atoms with Gasteiger partial charge >= 0.3 is 0 Å². The molecule has 0 saturated carbocycles. The first kappa shape index (κ1) is 12.2. The monoisotopic (exact) mass is 264 g/mol. The zero-order valence-corrected chi connectivity index (χ0v) is 9.72. The lowest BCUT2D eigenvalue weighted by molar-refractivity contribution is 0.406. The van der Waals surface area contributed by atoms with Gasteiger partial charge in [0.1, 0.15) is 22.0 Å². The Bertz CT molecular complexity index is 671. The maximum absolute atomic E-state index is 13.4. The highest BCUT2D eigenvalue weighted by Crippen LogP contribution is 2.29. The average Bonchev–Trinajstić information content (AvgIpc) is 2.34. The second-order valence-corrected chi connectivity index (χ2v) is 3.72. The fraction of sp³-hybridized carbons (Fsp3) is 0. The summed E-state index contributed by atoms with van der Waals surface area (Å²) in [6.07, 6.45) is 1.43. The molecule has 6 heteroatoms. The van der Waals surface area contributed by atoms with E-state index in [0.29, 0.717) is 0 Å². The third kappa shape index (κ3) is 2.21. The number of ether oxygens (including phenoxy) is 1. The first-order valence-electron chi connectivity index (χ1n) is 4.87. The van der Waals surface area contributed by atoms with Gasteiger partial charge in [-0.1, -0.05) is 18.3 Å². The van der Waals surface area contributed by atoms with E-state index in [1.54, 1.807) is 0 Å². The van der Waals surface area contributed by atoms with Crippen molar-refractivity contribution >= 4 is 12.2 Å². The molecule has 0 spiro atoms. The van der Waals surface area contributed by atoms with Gasteiger partial charge in [0.15, 0.2) is 17.4 Å².